The standard InChI is InChI=1S/C21H22N2O3/c1-11-5-3-4-6-17(11)22(12(2)24)10-23-20(25)18-13-7-8-14(16-9-15(13)16)19(18)21(23)26/h3-8,13-16,18-19H,9-10H2,1-2H3/t13-,14+,15-,16-,18+,19+/m1/s1. The molecule has 3 amide bonds. The highest BCUT2D eigenvalue weighted by molar-refractivity contribution is 6.07. The van der Waals surface area contributed by atoms with Gasteiger partial charge in [0.25, 0.3) is 0 Å². The highest BCUT2D eigenvalue weighted by atomic mass is 16.2. The van der Waals surface area contributed by atoms with Crippen molar-refractivity contribution < 1.29 is 14.4 Å². The van der Waals surface area contributed by atoms with E-state index >= 15 is 0 Å². The van der Waals surface area contributed by atoms with E-state index in [2.05, 4.69) is 12.2 Å². The molecular formula is C21H22N2O3. The summed E-state index contributed by atoms with van der Waals surface area (Å²) in [6.07, 6.45) is 5.48. The van der Waals surface area contributed by atoms with Crippen molar-refractivity contribution in [3.05, 3.63) is 42.0 Å². The zero-order valence-corrected chi connectivity index (χ0v) is 15.0. The van der Waals surface area contributed by atoms with Gasteiger partial charge < -0.3 is 0 Å². The summed E-state index contributed by atoms with van der Waals surface area (Å²) in [6.45, 7) is 3.42. The molecule has 5 heteroatoms. The van der Waals surface area contributed by atoms with Crippen molar-refractivity contribution in [2.75, 3.05) is 11.6 Å². The summed E-state index contributed by atoms with van der Waals surface area (Å²) in [5, 5.41) is 0. The van der Waals surface area contributed by atoms with Gasteiger partial charge in [0.15, 0.2) is 0 Å². The monoisotopic (exact) mass is 350 g/mol. The molecule has 6 atom stereocenters. The highest BCUT2D eigenvalue weighted by Crippen LogP contribution is 2.65. The third kappa shape index (κ3) is 2.00. The van der Waals surface area contributed by atoms with Crippen molar-refractivity contribution in [1.82, 2.24) is 4.90 Å². The number of rotatable bonds is 3. The molecule has 3 fully saturated rings. The zero-order chi connectivity index (χ0) is 18.2. The molecule has 6 rings (SSSR count). The van der Waals surface area contributed by atoms with E-state index in [9.17, 15) is 14.4 Å². The molecule has 0 unspecified atom stereocenters. The third-order valence-electron chi connectivity index (χ3n) is 6.82. The van der Waals surface area contributed by atoms with Crippen molar-refractivity contribution in [2.45, 2.75) is 20.3 Å². The molecule has 1 saturated heterocycles. The topological polar surface area (TPSA) is 57.7 Å². The molecule has 0 aromatic heterocycles. The molecule has 0 spiro atoms. The van der Waals surface area contributed by atoms with Crippen LogP contribution in [0.15, 0.2) is 36.4 Å². The predicted octanol–water partition coefficient (Wildman–Crippen LogP) is 2.36. The molecule has 4 aliphatic carbocycles. The van der Waals surface area contributed by atoms with Crippen LogP contribution < -0.4 is 4.90 Å². The van der Waals surface area contributed by atoms with Crippen LogP contribution in [0.5, 0.6) is 0 Å². The number of benzene rings is 1. The van der Waals surface area contributed by atoms with Crippen molar-refractivity contribution in [1.29, 1.82) is 0 Å². The number of carbonyl (C=O) groups is 3. The van der Waals surface area contributed by atoms with Crippen LogP contribution in [0.4, 0.5) is 5.69 Å². The summed E-state index contributed by atoms with van der Waals surface area (Å²) < 4.78 is 0. The maximum Gasteiger partial charge on any atom is 0.235 e. The van der Waals surface area contributed by atoms with Crippen LogP contribution in [-0.2, 0) is 14.4 Å². The molecule has 26 heavy (non-hydrogen) atoms. The smallest absolute Gasteiger partial charge is 0.235 e. The van der Waals surface area contributed by atoms with Gasteiger partial charge >= 0.3 is 0 Å². The van der Waals surface area contributed by atoms with Gasteiger partial charge in [-0.3, -0.25) is 24.2 Å². The van der Waals surface area contributed by atoms with E-state index in [0.29, 0.717) is 11.8 Å². The van der Waals surface area contributed by atoms with E-state index in [-0.39, 0.29) is 48.1 Å². The van der Waals surface area contributed by atoms with Crippen LogP contribution in [0.3, 0.4) is 0 Å². The Morgan fingerprint density at radius 1 is 1.08 bits per heavy atom. The van der Waals surface area contributed by atoms with Gasteiger partial charge in [-0.25, -0.2) is 0 Å². The lowest BCUT2D eigenvalue weighted by Crippen LogP contribution is -2.44. The second-order valence-electron chi connectivity index (χ2n) is 8.13. The van der Waals surface area contributed by atoms with Gasteiger partial charge in [-0.05, 0) is 48.6 Å². The summed E-state index contributed by atoms with van der Waals surface area (Å²) in [6, 6.07) is 7.56. The average molecular weight is 350 g/mol. The summed E-state index contributed by atoms with van der Waals surface area (Å²) in [5.41, 5.74) is 1.70. The van der Waals surface area contributed by atoms with Crippen LogP contribution >= 0.6 is 0 Å². The van der Waals surface area contributed by atoms with Crippen LogP contribution in [0.1, 0.15) is 18.9 Å². The summed E-state index contributed by atoms with van der Waals surface area (Å²) in [4.78, 5) is 41.4. The minimum absolute atomic E-state index is 0.0135. The Hall–Kier alpha value is -2.43. The fourth-order valence-corrected chi connectivity index (χ4v) is 5.51. The Kier molecular flexibility index (Phi) is 3.21. The van der Waals surface area contributed by atoms with Crippen molar-refractivity contribution >= 4 is 23.4 Å². The number of hydrogen-bond acceptors (Lipinski definition) is 3. The lowest BCUT2D eigenvalue weighted by atomic mass is 9.63. The first-order valence-corrected chi connectivity index (χ1v) is 9.36. The number of anilines is 1. The molecule has 1 aromatic carbocycles. The molecular weight excluding hydrogens is 328 g/mol. The second kappa shape index (κ2) is 5.29. The highest BCUT2D eigenvalue weighted by Gasteiger charge is 2.67. The summed E-state index contributed by atoms with van der Waals surface area (Å²) in [7, 11) is 0. The Morgan fingerprint density at radius 3 is 2.19 bits per heavy atom. The minimum atomic E-state index is -0.216. The molecule has 2 saturated carbocycles. The molecule has 134 valence electrons. The van der Waals surface area contributed by atoms with Crippen LogP contribution in [0, 0.1) is 42.4 Å². The molecule has 0 N–H and O–H groups in total. The normalized spacial score (nSPS) is 36.2. The first-order chi connectivity index (χ1) is 12.5. The molecule has 0 radical (unpaired) electrons. The molecule has 5 nitrogen and oxygen atoms in total. The van der Waals surface area contributed by atoms with Gasteiger partial charge in [-0.15, -0.1) is 0 Å². The number of aryl methyl sites for hydroxylation is 1. The summed E-state index contributed by atoms with van der Waals surface area (Å²) >= 11 is 0. The molecule has 1 aromatic rings. The number of para-hydroxylation sites is 1. The maximum atomic E-state index is 13.1. The largest absolute Gasteiger partial charge is 0.294 e. The SMILES string of the molecule is CC(=O)N(CN1C(=O)[C@H]2[C@@H]3C=C[C@@H]([C@H]4C[C@H]34)[C@@H]2C1=O)c1ccccc1C. The average Bonchev–Trinajstić information content (AvgIpc) is 3.40. The number of carbonyl (C=O) groups excluding carboxylic acids is 3. The first kappa shape index (κ1) is 15.8. The van der Waals surface area contributed by atoms with Crippen LogP contribution in [0.2, 0.25) is 0 Å². The lowest BCUT2D eigenvalue weighted by molar-refractivity contribution is -0.140. The van der Waals surface area contributed by atoms with Gasteiger partial charge in [-0.1, -0.05) is 30.4 Å². The quantitative estimate of drug-likeness (QED) is 0.621. The Labute approximate surface area is 152 Å². The summed E-state index contributed by atoms with van der Waals surface area (Å²) in [5.74, 6) is 0.805. The molecule has 1 heterocycles. The number of hydrogen-bond donors (Lipinski definition) is 0. The zero-order valence-electron chi connectivity index (χ0n) is 15.0. The van der Waals surface area contributed by atoms with E-state index in [0.717, 1.165) is 17.7 Å². The molecule has 2 bridgehead atoms. The molecule has 1 aliphatic heterocycles. The number of likely N-dealkylation sites (tertiary alicyclic amines) is 1. The van der Waals surface area contributed by atoms with E-state index in [4.69, 9.17) is 0 Å². The van der Waals surface area contributed by atoms with E-state index in [1.54, 1.807) is 4.90 Å². The maximum absolute atomic E-state index is 13.1. The lowest BCUT2D eigenvalue weighted by Gasteiger charge is -2.37. The van der Waals surface area contributed by atoms with Crippen LogP contribution in [0.25, 0.3) is 0 Å². The Bertz CT molecular complexity index is 825. The van der Waals surface area contributed by atoms with Gasteiger partial charge in [0.2, 0.25) is 17.7 Å². The van der Waals surface area contributed by atoms with Gasteiger partial charge in [0, 0.05) is 12.6 Å². The fraction of sp³-hybridized carbons (Fsp3) is 0.476. The third-order valence-corrected chi connectivity index (χ3v) is 6.82. The van der Waals surface area contributed by atoms with Crippen molar-refractivity contribution in [2.24, 2.45) is 35.5 Å². The van der Waals surface area contributed by atoms with Gasteiger partial charge in [0.1, 0.15) is 6.67 Å². The number of nitrogens with zero attached hydrogens (tertiary/aromatic N) is 2. The van der Waals surface area contributed by atoms with E-state index in [1.165, 1.54) is 11.8 Å². The molecule has 5 aliphatic rings. The van der Waals surface area contributed by atoms with E-state index in [1.807, 2.05) is 31.2 Å². The minimum Gasteiger partial charge on any atom is -0.294 e. The number of allylic oxidation sites excluding steroid dienone is 2. The van der Waals surface area contributed by atoms with Gasteiger partial charge in [-0.2, -0.15) is 0 Å². The Morgan fingerprint density at radius 2 is 1.65 bits per heavy atom. The number of imide groups is 1. The Balaban J connectivity index is 1.46. The number of amides is 3. The second-order valence-corrected chi connectivity index (χ2v) is 8.13. The fourth-order valence-electron chi connectivity index (χ4n) is 5.51. The van der Waals surface area contributed by atoms with Crippen LogP contribution in [-0.4, -0.2) is 29.3 Å². The predicted molar refractivity (Wildman–Crippen MR) is 95.8 cm³/mol. The first-order valence-electron chi connectivity index (χ1n) is 9.36. The van der Waals surface area contributed by atoms with Crippen molar-refractivity contribution in [3.8, 4) is 0 Å². The van der Waals surface area contributed by atoms with Gasteiger partial charge in [0.05, 0.1) is 11.8 Å². The van der Waals surface area contributed by atoms with Crippen molar-refractivity contribution in [3.63, 3.8) is 0 Å². The van der Waals surface area contributed by atoms with E-state index < -0.39 is 0 Å².